The zero-order chi connectivity index (χ0) is 12.5. The van der Waals surface area contributed by atoms with E-state index in [0.29, 0.717) is 0 Å². The SMILES string of the molecule is Cc1ccc(C(O)C(F)(F)F)nc1C(=O)O. The second-order valence-corrected chi connectivity index (χ2v) is 3.15. The zero-order valence-corrected chi connectivity index (χ0v) is 8.12. The molecule has 1 rings (SSSR count). The number of alkyl halides is 3. The van der Waals surface area contributed by atoms with Gasteiger partial charge in [0.25, 0.3) is 0 Å². The van der Waals surface area contributed by atoms with Crippen LogP contribution >= 0.6 is 0 Å². The maximum Gasteiger partial charge on any atom is 0.420 e. The molecule has 0 amide bonds. The van der Waals surface area contributed by atoms with Gasteiger partial charge >= 0.3 is 12.1 Å². The zero-order valence-electron chi connectivity index (χ0n) is 8.12. The minimum Gasteiger partial charge on any atom is -0.477 e. The molecule has 0 saturated heterocycles. The fraction of sp³-hybridized carbons (Fsp3) is 0.333. The first kappa shape index (κ1) is 12.4. The molecule has 0 aromatic carbocycles. The first-order valence-corrected chi connectivity index (χ1v) is 4.19. The van der Waals surface area contributed by atoms with Gasteiger partial charge in [-0.1, -0.05) is 6.07 Å². The minimum atomic E-state index is -4.86. The Morgan fingerprint density at radius 1 is 1.44 bits per heavy atom. The highest BCUT2D eigenvalue weighted by molar-refractivity contribution is 5.86. The maximum absolute atomic E-state index is 12.1. The number of aromatic carboxylic acids is 1. The number of carboxylic acids is 1. The van der Waals surface area contributed by atoms with Gasteiger partial charge in [0, 0.05) is 0 Å². The number of carboxylic acid groups (broad SMARTS) is 1. The van der Waals surface area contributed by atoms with Crippen LogP contribution < -0.4 is 0 Å². The number of rotatable bonds is 2. The van der Waals surface area contributed by atoms with E-state index in [9.17, 15) is 18.0 Å². The third-order valence-corrected chi connectivity index (χ3v) is 1.91. The van der Waals surface area contributed by atoms with Crippen molar-refractivity contribution in [2.75, 3.05) is 0 Å². The number of aliphatic hydroxyl groups is 1. The molecule has 0 saturated carbocycles. The maximum atomic E-state index is 12.1. The van der Waals surface area contributed by atoms with Gasteiger partial charge in [0.1, 0.15) is 0 Å². The standard InChI is InChI=1S/C9H8F3NO3/c1-4-2-3-5(7(14)9(10,11)12)13-6(4)8(15)16/h2-3,7,14H,1H3,(H,15,16). The Morgan fingerprint density at radius 3 is 2.44 bits per heavy atom. The van der Waals surface area contributed by atoms with Crippen molar-refractivity contribution in [1.29, 1.82) is 0 Å². The molecule has 1 unspecified atom stereocenters. The van der Waals surface area contributed by atoms with Crippen LogP contribution in [0.4, 0.5) is 13.2 Å². The quantitative estimate of drug-likeness (QED) is 0.818. The lowest BCUT2D eigenvalue weighted by molar-refractivity contribution is -0.208. The molecule has 2 N–H and O–H groups in total. The Morgan fingerprint density at radius 2 is 2.00 bits per heavy atom. The molecule has 0 spiro atoms. The van der Waals surface area contributed by atoms with E-state index in [0.717, 1.165) is 6.07 Å². The molecule has 16 heavy (non-hydrogen) atoms. The summed E-state index contributed by atoms with van der Waals surface area (Å²) >= 11 is 0. The summed E-state index contributed by atoms with van der Waals surface area (Å²) in [6.07, 6.45) is -7.64. The molecular weight excluding hydrogens is 227 g/mol. The third-order valence-electron chi connectivity index (χ3n) is 1.91. The van der Waals surface area contributed by atoms with Gasteiger partial charge < -0.3 is 10.2 Å². The van der Waals surface area contributed by atoms with Crippen LogP contribution in [0.25, 0.3) is 0 Å². The van der Waals surface area contributed by atoms with Crippen LogP contribution in [-0.2, 0) is 0 Å². The predicted octanol–water partition coefficient (Wildman–Crippen LogP) is 1.68. The number of hydrogen-bond acceptors (Lipinski definition) is 3. The van der Waals surface area contributed by atoms with Crippen LogP contribution in [0.1, 0.15) is 27.8 Å². The molecule has 0 radical (unpaired) electrons. The number of aryl methyl sites for hydroxylation is 1. The van der Waals surface area contributed by atoms with Gasteiger partial charge in [0.05, 0.1) is 5.69 Å². The van der Waals surface area contributed by atoms with Crippen molar-refractivity contribution in [2.45, 2.75) is 19.2 Å². The van der Waals surface area contributed by atoms with E-state index in [4.69, 9.17) is 10.2 Å². The number of aliphatic hydroxyl groups excluding tert-OH is 1. The van der Waals surface area contributed by atoms with Crippen molar-refractivity contribution in [1.82, 2.24) is 4.98 Å². The highest BCUT2D eigenvalue weighted by Crippen LogP contribution is 2.31. The van der Waals surface area contributed by atoms with Crippen LogP contribution in [-0.4, -0.2) is 27.3 Å². The van der Waals surface area contributed by atoms with Gasteiger partial charge in [0.2, 0.25) is 0 Å². The predicted molar refractivity (Wildman–Crippen MR) is 46.9 cm³/mol. The summed E-state index contributed by atoms with van der Waals surface area (Å²) in [5, 5.41) is 17.5. The fourth-order valence-electron chi connectivity index (χ4n) is 1.08. The number of aromatic nitrogens is 1. The molecule has 4 nitrogen and oxygen atoms in total. The van der Waals surface area contributed by atoms with E-state index < -0.39 is 29.6 Å². The summed E-state index contributed by atoms with van der Waals surface area (Å²) in [4.78, 5) is 13.9. The lowest BCUT2D eigenvalue weighted by Gasteiger charge is -2.14. The molecule has 1 aromatic rings. The second-order valence-electron chi connectivity index (χ2n) is 3.15. The molecule has 1 heterocycles. The minimum absolute atomic E-state index is 0.227. The Hall–Kier alpha value is -1.63. The van der Waals surface area contributed by atoms with Gasteiger partial charge in [-0.3, -0.25) is 0 Å². The van der Waals surface area contributed by atoms with Gasteiger partial charge in [-0.05, 0) is 18.6 Å². The number of pyridine rings is 1. The van der Waals surface area contributed by atoms with Crippen molar-refractivity contribution in [3.05, 3.63) is 29.1 Å². The molecule has 0 fully saturated rings. The number of nitrogens with zero attached hydrogens (tertiary/aromatic N) is 1. The number of hydrogen-bond donors (Lipinski definition) is 2. The van der Waals surface area contributed by atoms with Gasteiger partial charge in [-0.25, -0.2) is 9.78 Å². The highest BCUT2D eigenvalue weighted by Gasteiger charge is 2.40. The van der Waals surface area contributed by atoms with Crippen LogP contribution in [0.5, 0.6) is 0 Å². The lowest BCUT2D eigenvalue weighted by atomic mass is 10.1. The Bertz CT molecular complexity index is 417. The van der Waals surface area contributed by atoms with E-state index in [2.05, 4.69) is 4.98 Å². The normalized spacial score (nSPS) is 13.6. The van der Waals surface area contributed by atoms with Crippen molar-refractivity contribution in [3.8, 4) is 0 Å². The molecule has 1 aromatic heterocycles. The van der Waals surface area contributed by atoms with Crippen LogP contribution in [0.3, 0.4) is 0 Å². The van der Waals surface area contributed by atoms with Crippen LogP contribution in [0.15, 0.2) is 12.1 Å². The first-order chi connectivity index (χ1) is 7.23. The topological polar surface area (TPSA) is 70.4 Å². The van der Waals surface area contributed by atoms with Crippen LogP contribution in [0.2, 0.25) is 0 Å². The van der Waals surface area contributed by atoms with Crippen molar-refractivity contribution >= 4 is 5.97 Å². The molecule has 0 aliphatic carbocycles. The van der Waals surface area contributed by atoms with E-state index in [1.807, 2.05) is 0 Å². The summed E-state index contributed by atoms with van der Waals surface area (Å²) in [7, 11) is 0. The largest absolute Gasteiger partial charge is 0.477 e. The molecule has 7 heteroatoms. The Balaban J connectivity index is 3.18. The second kappa shape index (κ2) is 4.09. The van der Waals surface area contributed by atoms with Gasteiger partial charge in [0.15, 0.2) is 11.8 Å². The summed E-state index contributed by atoms with van der Waals surface area (Å²) < 4.78 is 36.4. The van der Waals surface area contributed by atoms with Crippen LogP contribution in [0, 0.1) is 6.92 Å². The molecule has 0 aliphatic rings. The summed E-state index contributed by atoms with van der Waals surface area (Å²) in [5.41, 5.74) is -0.998. The van der Waals surface area contributed by atoms with Gasteiger partial charge in [-0.15, -0.1) is 0 Å². The Labute approximate surface area is 88.4 Å². The van der Waals surface area contributed by atoms with E-state index in [1.54, 1.807) is 0 Å². The molecule has 88 valence electrons. The summed E-state index contributed by atoms with van der Waals surface area (Å²) in [6.45, 7) is 1.40. The smallest absolute Gasteiger partial charge is 0.420 e. The van der Waals surface area contributed by atoms with Gasteiger partial charge in [-0.2, -0.15) is 13.2 Å². The molecule has 1 atom stereocenters. The summed E-state index contributed by atoms with van der Waals surface area (Å²) in [5.74, 6) is -1.44. The van der Waals surface area contributed by atoms with Crippen molar-refractivity contribution in [2.24, 2.45) is 0 Å². The average molecular weight is 235 g/mol. The lowest BCUT2D eigenvalue weighted by Crippen LogP contribution is -2.22. The average Bonchev–Trinajstić information content (AvgIpc) is 2.15. The van der Waals surface area contributed by atoms with E-state index in [1.165, 1.54) is 13.0 Å². The molecular formula is C9H8F3NO3. The molecule has 0 bridgehead atoms. The van der Waals surface area contributed by atoms with E-state index >= 15 is 0 Å². The monoisotopic (exact) mass is 235 g/mol. The third kappa shape index (κ3) is 2.48. The van der Waals surface area contributed by atoms with Crippen molar-refractivity contribution in [3.63, 3.8) is 0 Å². The van der Waals surface area contributed by atoms with E-state index in [-0.39, 0.29) is 5.56 Å². The fourth-order valence-corrected chi connectivity index (χ4v) is 1.08. The highest BCUT2D eigenvalue weighted by atomic mass is 19.4. The number of halogens is 3. The van der Waals surface area contributed by atoms with Crippen molar-refractivity contribution < 1.29 is 28.2 Å². The molecule has 0 aliphatic heterocycles. The number of carbonyl (C=O) groups is 1. The summed E-state index contributed by atoms with van der Waals surface area (Å²) in [6, 6.07) is 2.11. The Kier molecular flexibility index (Phi) is 3.18. The first-order valence-electron chi connectivity index (χ1n) is 4.19.